The Bertz CT molecular complexity index is 462. The summed E-state index contributed by atoms with van der Waals surface area (Å²) in [5.74, 6) is -1.44. The maximum Gasteiger partial charge on any atom is 0.326 e. The van der Waals surface area contributed by atoms with Gasteiger partial charge in [-0.2, -0.15) is 0 Å². The average molecular weight is 281 g/mol. The molecule has 2 unspecified atom stereocenters. The van der Waals surface area contributed by atoms with Crippen LogP contribution in [0.5, 0.6) is 0 Å². The highest BCUT2D eigenvalue weighted by atomic mass is 32.2. The van der Waals surface area contributed by atoms with Crippen LogP contribution < -0.4 is 5.32 Å². The van der Waals surface area contributed by atoms with Gasteiger partial charge in [-0.3, -0.25) is 4.79 Å². The Kier molecular flexibility index (Phi) is 5.89. The lowest BCUT2D eigenvalue weighted by Crippen LogP contribution is -2.45. The molecule has 0 aliphatic rings. The Balaban J connectivity index is 2.91. The zero-order valence-electron chi connectivity index (χ0n) is 11.3. The predicted octanol–water partition coefficient (Wildman–Crippen LogP) is 2.64. The molecule has 1 aromatic rings. The van der Waals surface area contributed by atoms with Crippen molar-refractivity contribution < 1.29 is 14.7 Å². The lowest BCUT2D eigenvalue weighted by atomic mass is 9.99. The van der Waals surface area contributed by atoms with E-state index in [1.807, 2.05) is 32.2 Å². The molecule has 5 heteroatoms. The third-order valence-corrected chi connectivity index (χ3v) is 3.91. The normalized spacial score (nSPS) is 13.6. The van der Waals surface area contributed by atoms with Gasteiger partial charge in [0.15, 0.2) is 0 Å². The summed E-state index contributed by atoms with van der Waals surface area (Å²) in [6, 6.07) is 6.32. The fraction of sp³-hybridized carbons (Fsp3) is 0.429. The summed E-state index contributed by atoms with van der Waals surface area (Å²) >= 11 is 1.47. The number of nitrogens with one attached hydrogen (secondary N) is 1. The molecule has 0 heterocycles. The van der Waals surface area contributed by atoms with E-state index < -0.39 is 12.0 Å². The highest BCUT2D eigenvalue weighted by Crippen LogP contribution is 2.20. The van der Waals surface area contributed by atoms with Crippen LogP contribution in [0.4, 0.5) is 0 Å². The summed E-state index contributed by atoms with van der Waals surface area (Å²) in [7, 11) is 0. The van der Waals surface area contributed by atoms with E-state index in [9.17, 15) is 14.7 Å². The van der Waals surface area contributed by atoms with Gasteiger partial charge in [0.25, 0.3) is 5.91 Å². The Labute approximate surface area is 117 Å². The van der Waals surface area contributed by atoms with Crippen LogP contribution in [0.15, 0.2) is 29.2 Å². The van der Waals surface area contributed by atoms with Gasteiger partial charge in [-0.1, -0.05) is 32.4 Å². The van der Waals surface area contributed by atoms with Crippen LogP contribution in [0.25, 0.3) is 0 Å². The number of amides is 1. The standard InChI is InChI=1S/C14H19NO3S/c1-4-9(2)12(14(17)18)15-13(16)10-7-5-6-8-11(10)19-3/h5-9,12H,4H2,1-3H3,(H,15,16)(H,17,18). The number of aliphatic carboxylic acids is 1. The fourth-order valence-corrected chi connectivity index (χ4v) is 2.33. The summed E-state index contributed by atoms with van der Waals surface area (Å²) in [6.07, 6.45) is 2.58. The molecule has 19 heavy (non-hydrogen) atoms. The van der Waals surface area contributed by atoms with Crippen LogP contribution in [0, 0.1) is 5.92 Å². The molecule has 0 aromatic heterocycles. The number of carboxylic acid groups (broad SMARTS) is 1. The van der Waals surface area contributed by atoms with Gasteiger partial charge in [0.2, 0.25) is 0 Å². The molecule has 0 fully saturated rings. The summed E-state index contributed by atoms with van der Waals surface area (Å²) in [4.78, 5) is 24.2. The van der Waals surface area contributed by atoms with Crippen molar-refractivity contribution in [1.82, 2.24) is 5.32 Å². The van der Waals surface area contributed by atoms with Crippen molar-refractivity contribution in [2.45, 2.75) is 31.2 Å². The van der Waals surface area contributed by atoms with E-state index in [1.54, 1.807) is 12.1 Å². The first-order valence-corrected chi connectivity index (χ1v) is 7.40. The number of benzene rings is 1. The SMILES string of the molecule is CCC(C)C(NC(=O)c1ccccc1SC)C(=O)O. The summed E-state index contributed by atoms with van der Waals surface area (Å²) in [5, 5.41) is 11.8. The van der Waals surface area contributed by atoms with E-state index in [2.05, 4.69) is 5.32 Å². The van der Waals surface area contributed by atoms with E-state index >= 15 is 0 Å². The first-order chi connectivity index (χ1) is 9.01. The maximum absolute atomic E-state index is 12.2. The Morgan fingerprint density at radius 2 is 2.00 bits per heavy atom. The molecule has 0 bridgehead atoms. The second kappa shape index (κ2) is 7.19. The van der Waals surface area contributed by atoms with Gasteiger partial charge in [-0.25, -0.2) is 4.79 Å². The number of carbonyl (C=O) groups is 2. The number of carbonyl (C=O) groups excluding carboxylic acids is 1. The molecule has 1 aromatic carbocycles. The number of carboxylic acids is 1. The topological polar surface area (TPSA) is 66.4 Å². The van der Waals surface area contributed by atoms with Crippen molar-refractivity contribution in [3.63, 3.8) is 0 Å². The first-order valence-electron chi connectivity index (χ1n) is 6.17. The Morgan fingerprint density at radius 1 is 1.37 bits per heavy atom. The minimum Gasteiger partial charge on any atom is -0.480 e. The molecule has 1 rings (SSSR count). The highest BCUT2D eigenvalue weighted by molar-refractivity contribution is 7.98. The fourth-order valence-electron chi connectivity index (χ4n) is 1.73. The maximum atomic E-state index is 12.2. The number of rotatable bonds is 6. The minimum atomic E-state index is -0.996. The summed E-state index contributed by atoms with van der Waals surface area (Å²) in [5.41, 5.74) is 0.518. The second-order valence-corrected chi connectivity index (χ2v) is 5.22. The van der Waals surface area contributed by atoms with Crippen LogP contribution in [0.1, 0.15) is 30.6 Å². The first kappa shape index (κ1) is 15.6. The molecule has 2 atom stereocenters. The highest BCUT2D eigenvalue weighted by Gasteiger charge is 2.26. The van der Waals surface area contributed by atoms with Gasteiger partial charge in [0.05, 0.1) is 5.56 Å². The van der Waals surface area contributed by atoms with Gasteiger partial charge >= 0.3 is 5.97 Å². The molecule has 0 saturated carbocycles. The third-order valence-electron chi connectivity index (χ3n) is 3.12. The van der Waals surface area contributed by atoms with Gasteiger partial charge in [-0.15, -0.1) is 11.8 Å². The minimum absolute atomic E-state index is 0.108. The van der Waals surface area contributed by atoms with E-state index in [0.29, 0.717) is 12.0 Å². The molecule has 0 saturated heterocycles. The molecule has 104 valence electrons. The lowest BCUT2D eigenvalue weighted by molar-refractivity contribution is -0.140. The predicted molar refractivity (Wildman–Crippen MR) is 76.6 cm³/mol. The van der Waals surface area contributed by atoms with Crippen LogP contribution in [0.3, 0.4) is 0 Å². The Morgan fingerprint density at radius 3 is 2.53 bits per heavy atom. The number of thioether (sulfide) groups is 1. The molecule has 2 N–H and O–H groups in total. The van der Waals surface area contributed by atoms with Crippen molar-refractivity contribution in [3.05, 3.63) is 29.8 Å². The summed E-state index contributed by atoms with van der Waals surface area (Å²) < 4.78 is 0. The molecular formula is C14H19NO3S. The molecule has 0 radical (unpaired) electrons. The quantitative estimate of drug-likeness (QED) is 0.787. The van der Waals surface area contributed by atoms with E-state index in [0.717, 1.165) is 4.90 Å². The van der Waals surface area contributed by atoms with E-state index in [4.69, 9.17) is 0 Å². The second-order valence-electron chi connectivity index (χ2n) is 4.38. The van der Waals surface area contributed by atoms with Crippen LogP contribution in [-0.4, -0.2) is 29.3 Å². The van der Waals surface area contributed by atoms with Crippen LogP contribution in [0.2, 0.25) is 0 Å². The molecule has 1 amide bonds. The largest absolute Gasteiger partial charge is 0.480 e. The number of hydrogen-bond acceptors (Lipinski definition) is 3. The molecule has 0 aliphatic heterocycles. The van der Waals surface area contributed by atoms with E-state index in [1.165, 1.54) is 11.8 Å². The Hall–Kier alpha value is -1.49. The van der Waals surface area contributed by atoms with Gasteiger partial charge in [0.1, 0.15) is 6.04 Å². The monoisotopic (exact) mass is 281 g/mol. The van der Waals surface area contributed by atoms with Crippen molar-refractivity contribution in [3.8, 4) is 0 Å². The molecular weight excluding hydrogens is 262 g/mol. The van der Waals surface area contributed by atoms with Gasteiger partial charge in [0, 0.05) is 4.90 Å². The van der Waals surface area contributed by atoms with Crippen LogP contribution >= 0.6 is 11.8 Å². The zero-order valence-corrected chi connectivity index (χ0v) is 12.2. The zero-order chi connectivity index (χ0) is 14.4. The van der Waals surface area contributed by atoms with Gasteiger partial charge in [-0.05, 0) is 24.3 Å². The summed E-state index contributed by atoms with van der Waals surface area (Å²) in [6.45, 7) is 3.72. The number of hydrogen-bond donors (Lipinski definition) is 2. The van der Waals surface area contributed by atoms with Crippen LogP contribution in [-0.2, 0) is 4.79 Å². The van der Waals surface area contributed by atoms with Crippen molar-refractivity contribution >= 4 is 23.6 Å². The smallest absolute Gasteiger partial charge is 0.326 e. The molecule has 0 aliphatic carbocycles. The van der Waals surface area contributed by atoms with Gasteiger partial charge < -0.3 is 10.4 Å². The third kappa shape index (κ3) is 3.99. The average Bonchev–Trinajstić information content (AvgIpc) is 2.43. The molecule has 0 spiro atoms. The van der Waals surface area contributed by atoms with Crippen molar-refractivity contribution in [1.29, 1.82) is 0 Å². The van der Waals surface area contributed by atoms with E-state index in [-0.39, 0.29) is 11.8 Å². The van der Waals surface area contributed by atoms with Crippen molar-refractivity contribution in [2.75, 3.05) is 6.26 Å². The lowest BCUT2D eigenvalue weighted by Gasteiger charge is -2.20. The molecule has 4 nitrogen and oxygen atoms in total. The van der Waals surface area contributed by atoms with Crippen molar-refractivity contribution in [2.24, 2.45) is 5.92 Å².